The Balaban J connectivity index is 1.74. The number of nitrogens with zero attached hydrogens (tertiary/aromatic N) is 1. The van der Waals surface area contributed by atoms with Crippen LogP contribution in [0.5, 0.6) is 0 Å². The van der Waals surface area contributed by atoms with Crippen LogP contribution >= 0.6 is 0 Å². The van der Waals surface area contributed by atoms with E-state index in [0.29, 0.717) is 0 Å². The van der Waals surface area contributed by atoms with Gasteiger partial charge < -0.3 is 10.2 Å². The highest BCUT2D eigenvalue weighted by Crippen LogP contribution is 2.28. The molecule has 2 heteroatoms. The molecule has 1 aliphatic heterocycles. The maximum absolute atomic E-state index is 3.66. The highest BCUT2D eigenvalue weighted by Gasteiger charge is 2.13. The molecular weight excluding hydrogens is 256 g/mol. The molecule has 21 heavy (non-hydrogen) atoms. The highest BCUT2D eigenvalue weighted by atomic mass is 15.1. The molecule has 1 saturated heterocycles. The molecule has 0 bridgehead atoms. The van der Waals surface area contributed by atoms with E-state index in [9.17, 15) is 0 Å². The van der Waals surface area contributed by atoms with Gasteiger partial charge >= 0.3 is 0 Å². The molecule has 0 spiro atoms. The second-order valence-corrected chi connectivity index (χ2v) is 6.26. The quantitative estimate of drug-likeness (QED) is 0.608. The average molecular weight is 288 g/mol. The lowest BCUT2D eigenvalue weighted by Crippen LogP contribution is -2.30. The smallest absolute Gasteiger partial charge is 0.0602 e. The summed E-state index contributed by atoms with van der Waals surface area (Å²) in [6.07, 6.45) is 12.2. The van der Waals surface area contributed by atoms with E-state index >= 15 is 0 Å². The van der Waals surface area contributed by atoms with Gasteiger partial charge in [-0.2, -0.15) is 0 Å². The second kappa shape index (κ2) is 9.70. The van der Waals surface area contributed by atoms with Crippen LogP contribution in [0.3, 0.4) is 0 Å². The largest absolute Gasteiger partial charge is 0.383 e. The first-order valence-corrected chi connectivity index (χ1v) is 8.99. The number of unbranched alkanes of at least 4 members (excludes halogenated alkanes) is 5. The van der Waals surface area contributed by atoms with E-state index < -0.39 is 0 Å². The summed E-state index contributed by atoms with van der Waals surface area (Å²) in [5, 5.41) is 3.66. The van der Waals surface area contributed by atoms with Gasteiger partial charge in [-0.25, -0.2) is 0 Å². The van der Waals surface area contributed by atoms with E-state index in [1.165, 1.54) is 82.3 Å². The summed E-state index contributed by atoms with van der Waals surface area (Å²) in [4.78, 5) is 2.55. The van der Waals surface area contributed by atoms with E-state index in [1.807, 2.05) is 0 Å². The van der Waals surface area contributed by atoms with Gasteiger partial charge in [-0.15, -0.1) is 0 Å². The summed E-state index contributed by atoms with van der Waals surface area (Å²) < 4.78 is 0. The van der Waals surface area contributed by atoms with Crippen LogP contribution in [0.25, 0.3) is 0 Å². The number of benzene rings is 1. The van der Waals surface area contributed by atoms with Crippen molar-refractivity contribution in [3.8, 4) is 0 Å². The summed E-state index contributed by atoms with van der Waals surface area (Å²) in [6.45, 7) is 5.82. The van der Waals surface area contributed by atoms with Crippen LogP contribution in [-0.2, 0) is 0 Å². The third-order valence-corrected chi connectivity index (χ3v) is 4.45. The SMILES string of the molecule is CCCCCCCCNc1ccccc1N1CCCCC1. The van der Waals surface area contributed by atoms with E-state index in [1.54, 1.807) is 0 Å². The first kappa shape index (κ1) is 16.2. The molecule has 2 nitrogen and oxygen atoms in total. The molecule has 0 radical (unpaired) electrons. The molecule has 118 valence electrons. The second-order valence-electron chi connectivity index (χ2n) is 6.26. The van der Waals surface area contributed by atoms with Gasteiger partial charge in [-0.1, -0.05) is 51.2 Å². The third kappa shape index (κ3) is 5.61. The maximum Gasteiger partial charge on any atom is 0.0602 e. The van der Waals surface area contributed by atoms with Crippen molar-refractivity contribution in [1.29, 1.82) is 0 Å². The van der Waals surface area contributed by atoms with E-state index in [0.717, 1.165) is 6.54 Å². The van der Waals surface area contributed by atoms with Crippen LogP contribution in [0, 0.1) is 0 Å². The minimum absolute atomic E-state index is 1.11. The molecule has 1 N–H and O–H groups in total. The fourth-order valence-corrected chi connectivity index (χ4v) is 3.16. The normalized spacial score (nSPS) is 15.2. The maximum atomic E-state index is 3.66. The van der Waals surface area contributed by atoms with Crippen molar-refractivity contribution in [1.82, 2.24) is 0 Å². The number of para-hydroxylation sites is 2. The van der Waals surface area contributed by atoms with Gasteiger partial charge in [0.25, 0.3) is 0 Å². The van der Waals surface area contributed by atoms with Crippen molar-refractivity contribution in [2.45, 2.75) is 64.7 Å². The minimum Gasteiger partial charge on any atom is -0.383 e. The Labute approximate surface area is 130 Å². The number of piperidine rings is 1. The summed E-state index contributed by atoms with van der Waals surface area (Å²) in [7, 11) is 0. The molecule has 0 unspecified atom stereocenters. The van der Waals surface area contributed by atoms with E-state index in [-0.39, 0.29) is 0 Å². The van der Waals surface area contributed by atoms with Crippen molar-refractivity contribution in [2.75, 3.05) is 29.9 Å². The Hall–Kier alpha value is -1.18. The molecule has 1 aromatic rings. The lowest BCUT2D eigenvalue weighted by atomic mass is 10.1. The van der Waals surface area contributed by atoms with Crippen LogP contribution in [-0.4, -0.2) is 19.6 Å². The van der Waals surface area contributed by atoms with E-state index in [2.05, 4.69) is 41.4 Å². The average Bonchev–Trinajstić information content (AvgIpc) is 2.55. The van der Waals surface area contributed by atoms with E-state index in [4.69, 9.17) is 0 Å². The molecule has 0 aliphatic carbocycles. The van der Waals surface area contributed by atoms with Crippen LogP contribution in [0.15, 0.2) is 24.3 Å². The predicted octanol–water partition coefficient (Wildman–Crippen LogP) is 5.45. The monoisotopic (exact) mass is 288 g/mol. The Kier molecular flexibility index (Phi) is 7.48. The first-order valence-electron chi connectivity index (χ1n) is 8.99. The Morgan fingerprint density at radius 2 is 1.62 bits per heavy atom. The lowest BCUT2D eigenvalue weighted by molar-refractivity contribution is 0.578. The standard InChI is InChI=1S/C19H32N2/c1-2-3-4-5-6-10-15-20-18-13-8-9-14-19(18)21-16-11-7-12-17-21/h8-9,13-14,20H,2-7,10-12,15-17H2,1H3. The topological polar surface area (TPSA) is 15.3 Å². The molecule has 2 rings (SSSR count). The molecule has 1 aliphatic rings. The fourth-order valence-electron chi connectivity index (χ4n) is 3.16. The van der Waals surface area contributed by atoms with Gasteiger partial charge in [0, 0.05) is 19.6 Å². The lowest BCUT2D eigenvalue weighted by Gasteiger charge is -2.30. The number of anilines is 2. The summed E-state index contributed by atoms with van der Waals surface area (Å²) >= 11 is 0. The van der Waals surface area contributed by atoms with Gasteiger partial charge in [0.15, 0.2) is 0 Å². The van der Waals surface area contributed by atoms with Gasteiger partial charge in [-0.3, -0.25) is 0 Å². The minimum atomic E-state index is 1.11. The first-order chi connectivity index (χ1) is 10.4. The van der Waals surface area contributed by atoms with Crippen molar-refractivity contribution < 1.29 is 0 Å². The van der Waals surface area contributed by atoms with Crippen molar-refractivity contribution in [3.05, 3.63) is 24.3 Å². The Bertz CT molecular complexity index is 383. The zero-order chi connectivity index (χ0) is 14.8. The zero-order valence-corrected chi connectivity index (χ0v) is 13.7. The molecule has 0 amide bonds. The molecule has 1 fully saturated rings. The van der Waals surface area contributed by atoms with Crippen LogP contribution < -0.4 is 10.2 Å². The van der Waals surface area contributed by atoms with Gasteiger partial charge in [0.1, 0.15) is 0 Å². The van der Waals surface area contributed by atoms with Gasteiger partial charge in [-0.05, 0) is 37.8 Å². The van der Waals surface area contributed by atoms with Crippen molar-refractivity contribution in [3.63, 3.8) is 0 Å². The number of rotatable bonds is 9. The summed E-state index contributed by atoms with van der Waals surface area (Å²) in [5.41, 5.74) is 2.73. The highest BCUT2D eigenvalue weighted by molar-refractivity contribution is 5.70. The van der Waals surface area contributed by atoms with Crippen molar-refractivity contribution in [2.24, 2.45) is 0 Å². The molecular formula is C19H32N2. The summed E-state index contributed by atoms with van der Waals surface area (Å²) in [5.74, 6) is 0. The molecule has 1 heterocycles. The predicted molar refractivity (Wildman–Crippen MR) is 94.4 cm³/mol. The number of hydrogen-bond donors (Lipinski definition) is 1. The zero-order valence-electron chi connectivity index (χ0n) is 13.7. The Morgan fingerprint density at radius 3 is 2.43 bits per heavy atom. The molecule has 0 atom stereocenters. The van der Waals surface area contributed by atoms with Gasteiger partial charge in [0.05, 0.1) is 11.4 Å². The van der Waals surface area contributed by atoms with Crippen LogP contribution in [0.4, 0.5) is 11.4 Å². The number of hydrogen-bond acceptors (Lipinski definition) is 2. The Morgan fingerprint density at radius 1 is 0.905 bits per heavy atom. The molecule has 0 saturated carbocycles. The third-order valence-electron chi connectivity index (χ3n) is 4.45. The molecule has 1 aromatic carbocycles. The van der Waals surface area contributed by atoms with Gasteiger partial charge in [0.2, 0.25) is 0 Å². The molecule has 0 aromatic heterocycles. The van der Waals surface area contributed by atoms with Crippen LogP contribution in [0.1, 0.15) is 64.7 Å². The summed E-state index contributed by atoms with van der Waals surface area (Å²) in [6, 6.07) is 8.83. The fraction of sp³-hybridized carbons (Fsp3) is 0.684. The van der Waals surface area contributed by atoms with Crippen molar-refractivity contribution >= 4 is 11.4 Å². The van der Waals surface area contributed by atoms with Crippen LogP contribution in [0.2, 0.25) is 0 Å². The number of nitrogens with one attached hydrogen (secondary N) is 1.